The number of benzene rings is 1. The molecule has 0 fully saturated rings. The molecule has 0 atom stereocenters. The van der Waals surface area contributed by atoms with E-state index in [1.807, 2.05) is 18.7 Å². The lowest BCUT2D eigenvalue weighted by Crippen LogP contribution is -2.26. The molecule has 0 spiro atoms. The third-order valence-corrected chi connectivity index (χ3v) is 3.75. The number of aromatic carboxylic acids is 1. The van der Waals surface area contributed by atoms with Crippen LogP contribution in [0, 0.1) is 5.92 Å². The minimum atomic E-state index is -4.01. The minimum Gasteiger partial charge on any atom is -0.478 e. The van der Waals surface area contributed by atoms with E-state index in [1.54, 1.807) is 0 Å². The predicted octanol–water partition coefficient (Wildman–Crippen LogP) is 1.90. The number of sulfonamides is 1. The predicted molar refractivity (Wildman–Crippen MR) is 69.5 cm³/mol. The number of nitrogens with one attached hydrogen (secondary N) is 1. The average molecular weight is 308 g/mol. The highest BCUT2D eigenvalue weighted by molar-refractivity contribution is 7.89. The van der Waals surface area contributed by atoms with E-state index in [1.165, 1.54) is 12.1 Å². The van der Waals surface area contributed by atoms with Crippen LogP contribution in [-0.2, 0) is 14.9 Å². The quantitative estimate of drug-likeness (QED) is 0.783. The van der Waals surface area contributed by atoms with Crippen LogP contribution >= 0.6 is 11.6 Å². The first kappa shape index (κ1) is 15.9. The summed E-state index contributed by atoms with van der Waals surface area (Å²) in [5.74, 6) is -1.10. The van der Waals surface area contributed by atoms with Gasteiger partial charge in [0.2, 0.25) is 0 Å². The Morgan fingerprint density at radius 2 is 2.11 bits per heavy atom. The maximum atomic E-state index is 11.9. The molecule has 2 N–H and O–H groups in total. The second-order valence-corrected chi connectivity index (χ2v) is 6.26. The highest BCUT2D eigenvalue weighted by Crippen LogP contribution is 2.22. The van der Waals surface area contributed by atoms with Crippen LogP contribution in [0.3, 0.4) is 0 Å². The van der Waals surface area contributed by atoms with E-state index in [-0.39, 0.29) is 28.0 Å². The molecule has 0 bridgehead atoms. The van der Waals surface area contributed by atoms with E-state index in [2.05, 4.69) is 0 Å². The lowest BCUT2D eigenvalue weighted by Gasteiger charge is -2.10. The number of halogens is 1. The summed E-state index contributed by atoms with van der Waals surface area (Å²) in [5, 5.41) is 8.75. The summed E-state index contributed by atoms with van der Waals surface area (Å²) >= 11 is 5.76. The number of carbonyl (C=O) groups is 1. The Kier molecular flexibility index (Phi) is 5.30. The van der Waals surface area contributed by atoms with E-state index in [9.17, 15) is 13.2 Å². The summed E-state index contributed by atoms with van der Waals surface area (Å²) < 4.78 is 23.8. The van der Waals surface area contributed by atoms with Crippen LogP contribution in [0.25, 0.3) is 0 Å². The van der Waals surface area contributed by atoms with Crippen LogP contribution in [0.2, 0.25) is 5.02 Å². The Bertz CT molecular complexity index is 570. The van der Waals surface area contributed by atoms with Gasteiger partial charge in [-0.3, -0.25) is 4.84 Å². The molecular formula is C11H14ClNO5S. The first-order chi connectivity index (χ1) is 8.74. The molecule has 0 saturated heterocycles. The second-order valence-electron chi connectivity index (χ2n) is 4.24. The molecule has 0 aromatic heterocycles. The van der Waals surface area contributed by atoms with Gasteiger partial charge in [-0.05, 0) is 24.1 Å². The number of hydrogen-bond acceptors (Lipinski definition) is 4. The van der Waals surface area contributed by atoms with Crippen molar-refractivity contribution in [2.75, 3.05) is 6.61 Å². The van der Waals surface area contributed by atoms with Gasteiger partial charge in [-0.15, -0.1) is 0 Å². The lowest BCUT2D eigenvalue weighted by atomic mass is 10.2. The Balaban J connectivity index is 3.00. The zero-order chi connectivity index (χ0) is 14.6. The molecule has 1 rings (SSSR count). The van der Waals surface area contributed by atoms with Crippen LogP contribution in [0.4, 0.5) is 0 Å². The molecule has 6 nitrogen and oxygen atoms in total. The summed E-state index contributed by atoms with van der Waals surface area (Å²) in [6.45, 7) is 3.90. The van der Waals surface area contributed by atoms with Crippen molar-refractivity contribution in [3.8, 4) is 0 Å². The molecule has 0 unspecified atom stereocenters. The van der Waals surface area contributed by atoms with Gasteiger partial charge in [0.25, 0.3) is 10.0 Å². The molecule has 0 saturated carbocycles. The Morgan fingerprint density at radius 1 is 1.47 bits per heavy atom. The highest BCUT2D eigenvalue weighted by atomic mass is 35.5. The summed E-state index contributed by atoms with van der Waals surface area (Å²) in [6, 6.07) is 3.41. The monoisotopic (exact) mass is 307 g/mol. The van der Waals surface area contributed by atoms with Crippen LogP contribution in [0.5, 0.6) is 0 Å². The van der Waals surface area contributed by atoms with Crippen molar-refractivity contribution in [2.45, 2.75) is 18.7 Å². The van der Waals surface area contributed by atoms with E-state index in [4.69, 9.17) is 21.5 Å². The number of hydrogen-bond donors (Lipinski definition) is 2. The fourth-order valence-electron chi connectivity index (χ4n) is 1.17. The third kappa shape index (κ3) is 4.46. The van der Waals surface area contributed by atoms with Crippen molar-refractivity contribution in [3.05, 3.63) is 28.8 Å². The molecule has 0 aliphatic carbocycles. The van der Waals surface area contributed by atoms with Gasteiger partial charge in [-0.1, -0.05) is 30.3 Å². The molecule has 1 aromatic carbocycles. The number of carboxylic acid groups (broad SMARTS) is 1. The molecular weight excluding hydrogens is 294 g/mol. The van der Waals surface area contributed by atoms with Crippen LogP contribution < -0.4 is 4.89 Å². The third-order valence-electron chi connectivity index (χ3n) is 2.05. The van der Waals surface area contributed by atoms with Crippen molar-refractivity contribution < 1.29 is 23.2 Å². The maximum Gasteiger partial charge on any atom is 0.335 e. The van der Waals surface area contributed by atoms with E-state index in [0.717, 1.165) is 6.07 Å². The first-order valence-electron chi connectivity index (χ1n) is 5.40. The van der Waals surface area contributed by atoms with Gasteiger partial charge in [0.15, 0.2) is 0 Å². The fourth-order valence-corrected chi connectivity index (χ4v) is 2.51. The van der Waals surface area contributed by atoms with Crippen molar-refractivity contribution >= 4 is 27.6 Å². The van der Waals surface area contributed by atoms with Gasteiger partial charge in [-0.25, -0.2) is 13.2 Å². The molecule has 0 aliphatic heterocycles. The smallest absolute Gasteiger partial charge is 0.335 e. The number of carboxylic acids is 1. The van der Waals surface area contributed by atoms with Gasteiger partial charge in [0.1, 0.15) is 4.90 Å². The zero-order valence-electron chi connectivity index (χ0n) is 10.4. The van der Waals surface area contributed by atoms with Crippen molar-refractivity contribution in [3.63, 3.8) is 0 Å². The largest absolute Gasteiger partial charge is 0.478 e. The molecule has 0 radical (unpaired) electrons. The maximum absolute atomic E-state index is 11.9. The highest BCUT2D eigenvalue weighted by Gasteiger charge is 2.20. The van der Waals surface area contributed by atoms with Gasteiger partial charge in [0.05, 0.1) is 17.2 Å². The summed E-state index contributed by atoms with van der Waals surface area (Å²) in [6.07, 6.45) is 0. The van der Waals surface area contributed by atoms with Crippen molar-refractivity contribution in [2.24, 2.45) is 5.92 Å². The van der Waals surface area contributed by atoms with Gasteiger partial charge < -0.3 is 5.11 Å². The molecule has 0 aliphatic rings. The van der Waals surface area contributed by atoms with Crippen LogP contribution in [0.15, 0.2) is 23.1 Å². The summed E-state index contributed by atoms with van der Waals surface area (Å²) in [5.41, 5.74) is -0.173. The van der Waals surface area contributed by atoms with Crippen LogP contribution in [0.1, 0.15) is 24.2 Å². The summed E-state index contributed by atoms with van der Waals surface area (Å²) in [7, 11) is -4.01. The molecule has 106 valence electrons. The lowest BCUT2D eigenvalue weighted by molar-refractivity contribution is 0.0696. The number of rotatable bonds is 6. The van der Waals surface area contributed by atoms with E-state index < -0.39 is 16.0 Å². The van der Waals surface area contributed by atoms with Crippen LogP contribution in [-0.4, -0.2) is 26.1 Å². The molecule has 1 aromatic rings. The average Bonchev–Trinajstić information content (AvgIpc) is 2.28. The first-order valence-corrected chi connectivity index (χ1v) is 7.26. The fraction of sp³-hybridized carbons (Fsp3) is 0.364. The Hall–Kier alpha value is -1.15. The SMILES string of the molecule is CC(C)CONS(=O)(=O)c1cc(C(=O)O)ccc1Cl. The molecule has 0 heterocycles. The Labute approximate surface area is 116 Å². The molecule has 19 heavy (non-hydrogen) atoms. The second kappa shape index (κ2) is 6.33. The van der Waals surface area contributed by atoms with E-state index >= 15 is 0 Å². The normalized spacial score (nSPS) is 11.8. The molecule has 0 amide bonds. The van der Waals surface area contributed by atoms with Gasteiger partial charge >= 0.3 is 5.97 Å². The van der Waals surface area contributed by atoms with Crippen molar-refractivity contribution in [1.29, 1.82) is 0 Å². The van der Waals surface area contributed by atoms with Gasteiger partial charge in [-0.2, -0.15) is 0 Å². The standard InChI is InChI=1S/C11H14ClNO5S/c1-7(2)6-18-13-19(16,17)10-5-8(11(14)15)3-4-9(10)12/h3-5,7,13H,6H2,1-2H3,(H,14,15). The van der Waals surface area contributed by atoms with Crippen molar-refractivity contribution in [1.82, 2.24) is 4.89 Å². The molecule has 8 heteroatoms. The minimum absolute atomic E-state index is 0.0781. The van der Waals surface area contributed by atoms with E-state index in [0.29, 0.717) is 0 Å². The zero-order valence-corrected chi connectivity index (χ0v) is 12.0. The Morgan fingerprint density at radius 3 is 2.63 bits per heavy atom. The topological polar surface area (TPSA) is 92.7 Å². The summed E-state index contributed by atoms with van der Waals surface area (Å²) in [4.78, 5) is 17.2. The van der Waals surface area contributed by atoms with Gasteiger partial charge in [0, 0.05) is 0 Å².